The second-order valence-corrected chi connectivity index (χ2v) is 9.69. The molecule has 3 aromatic carbocycles. The van der Waals surface area contributed by atoms with Gasteiger partial charge in [-0.15, -0.1) is 10.2 Å². The van der Waals surface area contributed by atoms with Crippen molar-refractivity contribution in [1.82, 2.24) is 14.8 Å². The number of thioether (sulfide) groups is 1. The summed E-state index contributed by atoms with van der Waals surface area (Å²) in [5, 5.41) is 13.2. The van der Waals surface area contributed by atoms with E-state index in [1.165, 1.54) is 11.8 Å². The molecule has 0 unspecified atom stereocenters. The van der Waals surface area contributed by atoms with Crippen LogP contribution in [0.4, 0.5) is 5.69 Å². The fraction of sp³-hybridized carbons (Fsp3) is 0.250. The molecular formula is C28H29ClN4O2S. The van der Waals surface area contributed by atoms with Crippen LogP contribution in [-0.2, 0) is 4.79 Å². The van der Waals surface area contributed by atoms with E-state index < -0.39 is 0 Å². The Kier molecular flexibility index (Phi) is 8.67. The number of halogens is 1. The van der Waals surface area contributed by atoms with Gasteiger partial charge in [-0.3, -0.25) is 9.36 Å². The average molecular weight is 521 g/mol. The van der Waals surface area contributed by atoms with Gasteiger partial charge < -0.3 is 10.1 Å². The highest BCUT2D eigenvalue weighted by atomic mass is 35.5. The van der Waals surface area contributed by atoms with Crippen molar-refractivity contribution in [3.63, 3.8) is 0 Å². The number of nitrogens with zero attached hydrogens (tertiary/aromatic N) is 3. The van der Waals surface area contributed by atoms with E-state index in [0.717, 1.165) is 34.7 Å². The van der Waals surface area contributed by atoms with Crippen LogP contribution in [0.2, 0.25) is 5.02 Å². The molecule has 0 spiro atoms. The summed E-state index contributed by atoms with van der Waals surface area (Å²) in [5.74, 6) is 1.89. The fourth-order valence-electron chi connectivity index (χ4n) is 3.85. The Bertz CT molecular complexity index is 1320. The van der Waals surface area contributed by atoms with Crippen LogP contribution in [-0.4, -0.2) is 33.0 Å². The number of anilines is 1. The summed E-state index contributed by atoms with van der Waals surface area (Å²) in [6.45, 7) is 6.85. The number of benzene rings is 3. The standard InChI is InChI=1S/C28H29ClN4O2S/c1-4-19(3)24-11-6-7-12-25(24)30-26(34)18-36-28-32-31-27(20-9-8-10-21(29)17-20)33(28)22-13-15-23(16-14-22)35-5-2/h6-17,19H,4-5,18H2,1-3H3,(H,30,34)/t19-/m1/s1. The molecule has 0 aliphatic carbocycles. The lowest BCUT2D eigenvalue weighted by Gasteiger charge is -2.15. The van der Waals surface area contributed by atoms with E-state index in [1.54, 1.807) is 0 Å². The van der Waals surface area contributed by atoms with Crippen molar-refractivity contribution in [3.05, 3.63) is 83.4 Å². The smallest absolute Gasteiger partial charge is 0.234 e. The monoisotopic (exact) mass is 520 g/mol. The Hall–Kier alpha value is -3.29. The lowest BCUT2D eigenvalue weighted by Crippen LogP contribution is -2.16. The molecule has 8 heteroatoms. The number of aromatic nitrogens is 3. The van der Waals surface area contributed by atoms with Gasteiger partial charge in [0.15, 0.2) is 11.0 Å². The van der Waals surface area contributed by atoms with Gasteiger partial charge in [0.25, 0.3) is 0 Å². The third kappa shape index (κ3) is 6.09. The molecule has 186 valence electrons. The second kappa shape index (κ2) is 12.1. The van der Waals surface area contributed by atoms with Crippen LogP contribution in [0.25, 0.3) is 17.1 Å². The molecule has 1 heterocycles. The Morgan fingerprint density at radius 1 is 1.06 bits per heavy atom. The summed E-state index contributed by atoms with van der Waals surface area (Å²) < 4.78 is 7.53. The van der Waals surface area contributed by atoms with E-state index in [0.29, 0.717) is 28.5 Å². The van der Waals surface area contributed by atoms with Gasteiger partial charge in [-0.2, -0.15) is 0 Å². The first-order chi connectivity index (χ1) is 17.5. The van der Waals surface area contributed by atoms with E-state index in [4.69, 9.17) is 16.3 Å². The first kappa shape index (κ1) is 25.8. The van der Waals surface area contributed by atoms with Crippen LogP contribution in [0.15, 0.2) is 78.0 Å². The molecule has 0 aliphatic rings. The zero-order valence-corrected chi connectivity index (χ0v) is 22.1. The number of para-hydroxylation sites is 1. The van der Waals surface area contributed by atoms with Crippen molar-refractivity contribution in [3.8, 4) is 22.8 Å². The SMILES string of the molecule is CCOc1ccc(-n2c(SCC(=O)Nc3ccccc3[C@H](C)CC)nnc2-c2cccc(Cl)c2)cc1. The number of amides is 1. The molecule has 0 radical (unpaired) electrons. The molecule has 4 rings (SSSR count). The maximum atomic E-state index is 12.9. The van der Waals surface area contributed by atoms with Crippen LogP contribution in [0.3, 0.4) is 0 Å². The minimum absolute atomic E-state index is 0.0960. The van der Waals surface area contributed by atoms with Crippen LogP contribution in [0, 0.1) is 0 Å². The van der Waals surface area contributed by atoms with Crippen molar-refractivity contribution < 1.29 is 9.53 Å². The third-order valence-corrected chi connectivity index (χ3v) is 7.00. The van der Waals surface area contributed by atoms with E-state index in [-0.39, 0.29) is 11.7 Å². The Balaban J connectivity index is 1.59. The maximum Gasteiger partial charge on any atom is 0.234 e. The minimum atomic E-state index is -0.0960. The van der Waals surface area contributed by atoms with E-state index in [2.05, 4.69) is 35.4 Å². The highest BCUT2D eigenvalue weighted by Gasteiger charge is 2.18. The highest BCUT2D eigenvalue weighted by molar-refractivity contribution is 7.99. The molecule has 1 N–H and O–H groups in total. The highest BCUT2D eigenvalue weighted by Crippen LogP contribution is 2.31. The molecule has 36 heavy (non-hydrogen) atoms. The molecule has 0 saturated carbocycles. The first-order valence-electron chi connectivity index (χ1n) is 12.0. The Morgan fingerprint density at radius 2 is 1.83 bits per heavy atom. The average Bonchev–Trinajstić information content (AvgIpc) is 3.32. The van der Waals surface area contributed by atoms with Crippen LogP contribution in [0.1, 0.15) is 38.7 Å². The van der Waals surface area contributed by atoms with Crippen molar-refractivity contribution in [2.45, 2.75) is 38.3 Å². The van der Waals surface area contributed by atoms with Crippen LogP contribution >= 0.6 is 23.4 Å². The van der Waals surface area contributed by atoms with Gasteiger partial charge >= 0.3 is 0 Å². The number of rotatable bonds is 10. The molecule has 1 aromatic heterocycles. The number of carbonyl (C=O) groups is 1. The molecule has 0 bridgehead atoms. The molecule has 4 aromatic rings. The van der Waals surface area contributed by atoms with Crippen LogP contribution < -0.4 is 10.1 Å². The Labute approximate surface area is 221 Å². The van der Waals surface area contributed by atoms with Crippen LogP contribution in [0.5, 0.6) is 5.75 Å². The maximum absolute atomic E-state index is 12.9. The normalized spacial score (nSPS) is 11.8. The molecule has 1 amide bonds. The van der Waals surface area contributed by atoms with Gasteiger partial charge in [0, 0.05) is 22.0 Å². The quantitative estimate of drug-likeness (QED) is 0.223. The Morgan fingerprint density at radius 3 is 2.56 bits per heavy atom. The summed E-state index contributed by atoms with van der Waals surface area (Å²) in [5.41, 5.74) is 3.69. The summed E-state index contributed by atoms with van der Waals surface area (Å²) in [6, 6.07) is 23.2. The fourth-order valence-corrected chi connectivity index (χ4v) is 4.79. The topological polar surface area (TPSA) is 69.0 Å². The molecule has 6 nitrogen and oxygen atoms in total. The number of nitrogens with one attached hydrogen (secondary N) is 1. The van der Waals surface area contributed by atoms with Gasteiger partial charge in [0.05, 0.1) is 12.4 Å². The van der Waals surface area contributed by atoms with E-state index in [9.17, 15) is 4.79 Å². The van der Waals surface area contributed by atoms with Gasteiger partial charge in [-0.05, 0) is 67.3 Å². The van der Waals surface area contributed by atoms with Gasteiger partial charge in [0.1, 0.15) is 5.75 Å². The molecular weight excluding hydrogens is 492 g/mol. The largest absolute Gasteiger partial charge is 0.494 e. The van der Waals surface area contributed by atoms with Crippen molar-refractivity contribution in [2.24, 2.45) is 0 Å². The predicted octanol–water partition coefficient (Wildman–Crippen LogP) is 7.23. The molecule has 0 fully saturated rings. The number of hydrogen-bond acceptors (Lipinski definition) is 5. The van der Waals surface area contributed by atoms with E-state index in [1.807, 2.05) is 78.2 Å². The zero-order valence-electron chi connectivity index (χ0n) is 20.6. The predicted molar refractivity (Wildman–Crippen MR) is 147 cm³/mol. The zero-order chi connectivity index (χ0) is 25.5. The summed E-state index contributed by atoms with van der Waals surface area (Å²) in [7, 11) is 0. The van der Waals surface area contributed by atoms with Gasteiger partial charge in [0.2, 0.25) is 5.91 Å². The number of hydrogen-bond donors (Lipinski definition) is 1. The van der Waals surface area contributed by atoms with Crippen molar-refractivity contribution in [1.29, 1.82) is 0 Å². The lowest BCUT2D eigenvalue weighted by molar-refractivity contribution is -0.113. The molecule has 0 saturated heterocycles. The first-order valence-corrected chi connectivity index (χ1v) is 13.3. The third-order valence-electron chi connectivity index (χ3n) is 5.83. The number of carbonyl (C=O) groups excluding carboxylic acids is 1. The van der Waals surface area contributed by atoms with Crippen molar-refractivity contribution in [2.75, 3.05) is 17.7 Å². The van der Waals surface area contributed by atoms with Gasteiger partial charge in [-0.25, -0.2) is 0 Å². The summed E-state index contributed by atoms with van der Waals surface area (Å²) >= 11 is 7.58. The lowest BCUT2D eigenvalue weighted by atomic mass is 9.97. The van der Waals surface area contributed by atoms with Crippen molar-refractivity contribution >= 4 is 35.0 Å². The minimum Gasteiger partial charge on any atom is -0.494 e. The summed E-state index contributed by atoms with van der Waals surface area (Å²) in [4.78, 5) is 12.9. The van der Waals surface area contributed by atoms with E-state index >= 15 is 0 Å². The second-order valence-electron chi connectivity index (χ2n) is 8.31. The van der Waals surface area contributed by atoms with Gasteiger partial charge in [-0.1, -0.05) is 67.5 Å². The summed E-state index contributed by atoms with van der Waals surface area (Å²) in [6.07, 6.45) is 0.999. The molecule has 0 aliphatic heterocycles. The number of ether oxygens (including phenoxy) is 1. The molecule has 1 atom stereocenters.